The van der Waals surface area contributed by atoms with Crippen LogP contribution in [0.2, 0.25) is 0 Å². The normalized spacial score (nSPS) is 12.8. The van der Waals surface area contributed by atoms with Crippen molar-refractivity contribution >= 4 is 17.9 Å². The molecule has 1 atom stereocenters. The third-order valence-electron chi connectivity index (χ3n) is 14.0. The molecule has 446 valence electrons. The van der Waals surface area contributed by atoms with E-state index in [-0.39, 0.29) is 37.5 Å². The van der Waals surface area contributed by atoms with Gasteiger partial charge in [-0.15, -0.1) is 0 Å². The summed E-state index contributed by atoms with van der Waals surface area (Å²) in [6.45, 7) is 6.51. The van der Waals surface area contributed by atoms with Crippen LogP contribution in [0.4, 0.5) is 0 Å². The lowest BCUT2D eigenvalue weighted by molar-refractivity contribution is -0.167. The molecular weight excluding hydrogens is 961 g/mol. The second kappa shape index (κ2) is 65.6. The van der Waals surface area contributed by atoms with Gasteiger partial charge in [-0.25, -0.2) is 0 Å². The number of allylic oxidation sites excluding steroid dienone is 18. The van der Waals surface area contributed by atoms with Gasteiger partial charge in [0.15, 0.2) is 6.10 Å². The van der Waals surface area contributed by atoms with Gasteiger partial charge in [-0.3, -0.25) is 14.4 Å². The van der Waals surface area contributed by atoms with Gasteiger partial charge < -0.3 is 14.2 Å². The molecule has 1 unspecified atom stereocenters. The smallest absolute Gasteiger partial charge is 0.306 e. The summed E-state index contributed by atoms with van der Waals surface area (Å²) >= 11 is 0. The number of ether oxygens (including phenoxy) is 3. The molecule has 0 spiro atoms. The lowest BCUT2D eigenvalue weighted by Crippen LogP contribution is -2.30. The van der Waals surface area contributed by atoms with Crippen molar-refractivity contribution in [3.63, 3.8) is 0 Å². The first-order valence-electron chi connectivity index (χ1n) is 32.9. The summed E-state index contributed by atoms with van der Waals surface area (Å²) in [5.74, 6) is -0.942. The van der Waals surface area contributed by atoms with Crippen molar-refractivity contribution in [2.24, 2.45) is 0 Å². The molecule has 0 aromatic carbocycles. The Labute approximate surface area is 482 Å². The molecule has 0 aromatic rings. The summed E-state index contributed by atoms with van der Waals surface area (Å²) in [7, 11) is 0. The van der Waals surface area contributed by atoms with E-state index in [2.05, 4.69) is 130 Å². The summed E-state index contributed by atoms with van der Waals surface area (Å²) in [4.78, 5) is 38.3. The molecule has 0 N–H and O–H groups in total. The number of hydrogen-bond acceptors (Lipinski definition) is 6. The number of hydrogen-bond donors (Lipinski definition) is 0. The lowest BCUT2D eigenvalue weighted by Gasteiger charge is -2.18. The Morgan fingerprint density at radius 2 is 0.500 bits per heavy atom. The minimum absolute atomic E-state index is 0.0922. The van der Waals surface area contributed by atoms with Gasteiger partial charge >= 0.3 is 17.9 Å². The largest absolute Gasteiger partial charge is 0.462 e. The summed E-state index contributed by atoms with van der Waals surface area (Å²) in [5, 5.41) is 0. The van der Waals surface area contributed by atoms with Crippen molar-refractivity contribution in [1.29, 1.82) is 0 Å². The van der Waals surface area contributed by atoms with E-state index in [0.29, 0.717) is 19.3 Å². The molecule has 0 bridgehead atoms. The number of carbonyl (C=O) groups excluding carboxylic acids is 3. The summed E-state index contributed by atoms with van der Waals surface area (Å²) in [6, 6.07) is 0. The van der Waals surface area contributed by atoms with Crippen LogP contribution >= 0.6 is 0 Å². The van der Waals surface area contributed by atoms with Crippen LogP contribution in [-0.4, -0.2) is 37.2 Å². The van der Waals surface area contributed by atoms with E-state index in [1.807, 2.05) is 0 Å². The maximum atomic E-state index is 12.9. The fraction of sp³-hybridized carbons (Fsp3) is 0.708. The molecule has 6 nitrogen and oxygen atoms in total. The minimum Gasteiger partial charge on any atom is -0.462 e. The van der Waals surface area contributed by atoms with Crippen LogP contribution in [0.15, 0.2) is 109 Å². The zero-order valence-electron chi connectivity index (χ0n) is 51.2. The molecule has 0 amide bonds. The summed E-state index contributed by atoms with van der Waals surface area (Å²) in [6.07, 6.45) is 89.6. The highest BCUT2D eigenvalue weighted by Gasteiger charge is 2.19. The third-order valence-corrected chi connectivity index (χ3v) is 14.0. The molecular formula is C72H122O6. The molecule has 0 radical (unpaired) electrons. The summed E-state index contributed by atoms with van der Waals surface area (Å²) < 4.78 is 16.9. The number of carbonyl (C=O) groups is 3. The molecule has 0 heterocycles. The van der Waals surface area contributed by atoms with Crippen LogP contribution in [0, 0.1) is 0 Å². The van der Waals surface area contributed by atoms with Gasteiger partial charge in [0.05, 0.1) is 0 Å². The minimum atomic E-state index is -0.800. The van der Waals surface area contributed by atoms with E-state index >= 15 is 0 Å². The maximum Gasteiger partial charge on any atom is 0.306 e. The molecule has 6 heteroatoms. The molecule has 0 fully saturated rings. The van der Waals surface area contributed by atoms with Gasteiger partial charge in [0.25, 0.3) is 0 Å². The zero-order valence-corrected chi connectivity index (χ0v) is 51.2. The standard InChI is InChI=1S/C72H122O6/c1-4-7-10-13-16-19-22-25-28-30-31-32-33-34-35-36-37-38-39-40-41-42-45-47-50-53-56-59-62-65-71(74)77-68-69(67-76-70(73)64-61-58-55-52-49-46-43-27-24-21-18-15-12-9-6-3)78-72(75)66-63-60-57-54-51-48-44-29-26-23-20-17-14-11-8-5-2/h7,10,16,19,25,28,31-32,34-35,37-38,40-41,45,47,53,56,69H,4-6,8-9,11-15,17-18,20-24,26-27,29-30,33,36,39,42-44,46,48-52,54-55,57-68H2,1-3H3/b10-7-,19-16-,28-25-,32-31-,35-34-,38-37-,41-40-,47-45-,56-53-. The van der Waals surface area contributed by atoms with Crippen molar-refractivity contribution < 1.29 is 28.6 Å². The van der Waals surface area contributed by atoms with E-state index in [9.17, 15) is 14.4 Å². The maximum absolute atomic E-state index is 12.9. The first-order valence-corrected chi connectivity index (χ1v) is 32.9. The molecule has 0 saturated carbocycles. The van der Waals surface area contributed by atoms with Crippen LogP contribution in [0.25, 0.3) is 0 Å². The Morgan fingerprint density at radius 1 is 0.269 bits per heavy atom. The van der Waals surface area contributed by atoms with Crippen LogP contribution in [0.3, 0.4) is 0 Å². The highest BCUT2D eigenvalue weighted by atomic mass is 16.6. The van der Waals surface area contributed by atoms with Gasteiger partial charge in [-0.1, -0.05) is 316 Å². The Morgan fingerprint density at radius 3 is 0.782 bits per heavy atom. The topological polar surface area (TPSA) is 78.9 Å². The SMILES string of the molecule is CC/C=C\C/C=C\C/C=C\C/C=C\C/C=C\C/C=C\C/C=C\C/C=C\C/C=C\CCCC(=O)OCC(COC(=O)CCCCCCCCCCCCCCCCC)OC(=O)CCCCCCCCCCCCCCCCCC. The molecule has 0 saturated heterocycles. The first-order chi connectivity index (χ1) is 38.5. The van der Waals surface area contributed by atoms with Gasteiger partial charge in [0.1, 0.15) is 13.2 Å². The van der Waals surface area contributed by atoms with Crippen LogP contribution in [0.5, 0.6) is 0 Å². The number of rotatable bonds is 59. The van der Waals surface area contributed by atoms with E-state index in [0.717, 1.165) is 103 Å². The highest BCUT2D eigenvalue weighted by Crippen LogP contribution is 2.17. The van der Waals surface area contributed by atoms with Crippen molar-refractivity contribution in [3.05, 3.63) is 109 Å². The molecule has 0 aromatic heterocycles. The van der Waals surface area contributed by atoms with E-state index in [4.69, 9.17) is 14.2 Å². The van der Waals surface area contributed by atoms with E-state index in [1.165, 1.54) is 161 Å². The van der Waals surface area contributed by atoms with Gasteiger partial charge in [0.2, 0.25) is 0 Å². The monoisotopic (exact) mass is 1080 g/mol. The average molecular weight is 1080 g/mol. The zero-order chi connectivity index (χ0) is 56.4. The fourth-order valence-corrected chi connectivity index (χ4v) is 9.15. The van der Waals surface area contributed by atoms with Crippen molar-refractivity contribution in [3.8, 4) is 0 Å². The van der Waals surface area contributed by atoms with Crippen molar-refractivity contribution in [2.75, 3.05) is 13.2 Å². The van der Waals surface area contributed by atoms with Crippen molar-refractivity contribution in [2.45, 2.75) is 316 Å². The Hall–Kier alpha value is -3.93. The highest BCUT2D eigenvalue weighted by molar-refractivity contribution is 5.71. The Balaban J connectivity index is 4.42. The fourth-order valence-electron chi connectivity index (χ4n) is 9.15. The molecule has 0 aliphatic rings. The second-order valence-electron chi connectivity index (χ2n) is 21.7. The molecule has 0 aliphatic carbocycles. The molecule has 78 heavy (non-hydrogen) atoms. The number of unbranched alkanes of at least 4 members (excludes halogenated alkanes) is 30. The first kappa shape index (κ1) is 74.1. The van der Waals surface area contributed by atoms with Crippen LogP contribution < -0.4 is 0 Å². The van der Waals surface area contributed by atoms with E-state index < -0.39 is 6.10 Å². The van der Waals surface area contributed by atoms with Gasteiger partial charge in [0, 0.05) is 19.3 Å². The van der Waals surface area contributed by atoms with Crippen LogP contribution in [0.1, 0.15) is 310 Å². The second-order valence-corrected chi connectivity index (χ2v) is 21.7. The van der Waals surface area contributed by atoms with E-state index in [1.54, 1.807) is 0 Å². The molecule has 0 aliphatic heterocycles. The Kier molecular flexibility index (Phi) is 62.3. The van der Waals surface area contributed by atoms with Crippen LogP contribution in [-0.2, 0) is 28.6 Å². The number of esters is 3. The lowest BCUT2D eigenvalue weighted by atomic mass is 10.0. The third kappa shape index (κ3) is 62.9. The van der Waals surface area contributed by atoms with Gasteiger partial charge in [-0.05, 0) is 83.5 Å². The molecule has 0 rings (SSSR count). The predicted octanol–water partition coefficient (Wildman–Crippen LogP) is 22.6. The predicted molar refractivity (Wildman–Crippen MR) is 339 cm³/mol. The van der Waals surface area contributed by atoms with Crippen molar-refractivity contribution in [1.82, 2.24) is 0 Å². The Bertz CT molecular complexity index is 1570. The quantitative estimate of drug-likeness (QED) is 0.0261. The van der Waals surface area contributed by atoms with Gasteiger partial charge in [-0.2, -0.15) is 0 Å². The average Bonchev–Trinajstić information content (AvgIpc) is 3.44. The summed E-state index contributed by atoms with van der Waals surface area (Å²) in [5.41, 5.74) is 0.